The first-order valence-electron chi connectivity index (χ1n) is 9.98. The van der Waals surface area contributed by atoms with Crippen molar-refractivity contribution in [2.24, 2.45) is 0 Å². The number of amides is 2. The summed E-state index contributed by atoms with van der Waals surface area (Å²) in [4.78, 5) is 30.7. The van der Waals surface area contributed by atoms with Crippen LogP contribution in [0.2, 0.25) is 0 Å². The molecule has 1 aliphatic heterocycles. The second kappa shape index (κ2) is 7.85. The predicted molar refractivity (Wildman–Crippen MR) is 115 cm³/mol. The maximum Gasteiger partial charge on any atom is 0.496 e. The van der Waals surface area contributed by atoms with E-state index in [1.165, 1.54) is 6.20 Å². The van der Waals surface area contributed by atoms with E-state index < -0.39 is 41.7 Å². The van der Waals surface area contributed by atoms with Gasteiger partial charge in [0, 0.05) is 11.7 Å². The van der Waals surface area contributed by atoms with Gasteiger partial charge in [-0.1, -0.05) is 0 Å². The van der Waals surface area contributed by atoms with Crippen LogP contribution in [0.3, 0.4) is 0 Å². The van der Waals surface area contributed by atoms with Crippen molar-refractivity contribution in [3.05, 3.63) is 18.5 Å². The zero-order valence-corrected chi connectivity index (χ0v) is 19.7. The van der Waals surface area contributed by atoms with E-state index in [4.69, 9.17) is 18.8 Å². The van der Waals surface area contributed by atoms with E-state index >= 15 is 0 Å². The summed E-state index contributed by atoms with van der Waals surface area (Å²) in [5.74, 6) is 0. The Labute approximate surface area is 179 Å². The zero-order chi connectivity index (χ0) is 23.1. The lowest BCUT2D eigenvalue weighted by Gasteiger charge is -2.32. The molecule has 0 unspecified atom stereocenters. The van der Waals surface area contributed by atoms with E-state index in [1.54, 1.807) is 53.8 Å². The minimum atomic E-state index is -0.857. The highest BCUT2D eigenvalue weighted by atomic mass is 16.7. The van der Waals surface area contributed by atoms with Crippen LogP contribution in [0.5, 0.6) is 0 Å². The molecule has 0 saturated carbocycles. The van der Waals surface area contributed by atoms with Crippen LogP contribution in [-0.4, -0.2) is 46.7 Å². The molecule has 0 aromatic carbocycles. The van der Waals surface area contributed by atoms with Gasteiger partial charge in [-0.25, -0.2) is 9.59 Å². The SMILES string of the molecule is CC(C)(C)OC(=O)N(C(=O)OC(C)(C)C)c1cncc(B2OC(C)(C)C(C)(C)O2)c1. The predicted octanol–water partition coefficient (Wildman–Crippen LogP) is 4.06. The summed E-state index contributed by atoms with van der Waals surface area (Å²) in [5, 5.41) is 0. The number of anilines is 1. The molecule has 0 radical (unpaired) electrons. The highest BCUT2D eigenvalue weighted by Crippen LogP contribution is 2.36. The third kappa shape index (κ3) is 5.73. The van der Waals surface area contributed by atoms with E-state index in [9.17, 15) is 9.59 Å². The van der Waals surface area contributed by atoms with Gasteiger partial charge in [0.15, 0.2) is 0 Å². The lowest BCUT2D eigenvalue weighted by Crippen LogP contribution is -2.44. The first-order chi connectivity index (χ1) is 13.4. The lowest BCUT2D eigenvalue weighted by atomic mass is 9.80. The van der Waals surface area contributed by atoms with Crippen molar-refractivity contribution >= 4 is 30.5 Å². The number of hydrogen-bond donors (Lipinski definition) is 0. The molecular weight excluding hydrogens is 387 g/mol. The maximum atomic E-state index is 12.8. The van der Waals surface area contributed by atoms with Crippen molar-refractivity contribution in [3.8, 4) is 0 Å². The molecule has 1 fully saturated rings. The van der Waals surface area contributed by atoms with E-state index in [0.717, 1.165) is 4.90 Å². The fourth-order valence-electron chi connectivity index (χ4n) is 2.58. The Bertz CT molecular complexity index is 766. The van der Waals surface area contributed by atoms with Gasteiger partial charge in [-0.05, 0) is 75.3 Å². The molecule has 0 spiro atoms. The molecular formula is C21H33BN2O6. The Morgan fingerprint density at radius 1 is 0.900 bits per heavy atom. The van der Waals surface area contributed by atoms with Gasteiger partial charge in [0.05, 0.1) is 23.1 Å². The lowest BCUT2D eigenvalue weighted by molar-refractivity contribution is 0.00578. The number of hydrogen-bond acceptors (Lipinski definition) is 7. The largest absolute Gasteiger partial charge is 0.496 e. The number of imide groups is 1. The third-order valence-corrected chi connectivity index (χ3v) is 4.68. The molecule has 0 aliphatic carbocycles. The van der Waals surface area contributed by atoms with Gasteiger partial charge in [0.2, 0.25) is 0 Å². The van der Waals surface area contributed by atoms with Crippen LogP contribution in [0.1, 0.15) is 69.2 Å². The average Bonchev–Trinajstić information content (AvgIpc) is 2.72. The molecule has 2 rings (SSSR count). The zero-order valence-electron chi connectivity index (χ0n) is 19.7. The number of carbonyl (C=O) groups is 2. The minimum absolute atomic E-state index is 0.200. The van der Waals surface area contributed by atoms with Crippen LogP contribution in [0.15, 0.2) is 18.5 Å². The highest BCUT2D eigenvalue weighted by molar-refractivity contribution is 6.62. The Morgan fingerprint density at radius 2 is 1.33 bits per heavy atom. The number of pyridine rings is 1. The van der Waals surface area contributed by atoms with Gasteiger partial charge in [-0.2, -0.15) is 4.90 Å². The number of carbonyl (C=O) groups excluding carboxylic acids is 2. The monoisotopic (exact) mass is 420 g/mol. The Balaban J connectivity index is 2.41. The number of rotatable bonds is 2. The molecule has 0 N–H and O–H groups in total. The Hall–Kier alpha value is -2.13. The highest BCUT2D eigenvalue weighted by Gasteiger charge is 2.52. The van der Waals surface area contributed by atoms with Crippen LogP contribution in [0.4, 0.5) is 15.3 Å². The Morgan fingerprint density at radius 3 is 1.73 bits per heavy atom. The molecule has 1 aromatic heterocycles. The second-order valence-corrected chi connectivity index (χ2v) is 10.4. The van der Waals surface area contributed by atoms with Crippen molar-refractivity contribution < 1.29 is 28.4 Å². The number of nitrogens with zero attached hydrogens (tertiary/aromatic N) is 2. The van der Waals surface area contributed by atoms with Gasteiger partial charge in [-0.15, -0.1) is 0 Å². The second-order valence-electron chi connectivity index (χ2n) is 10.4. The quantitative estimate of drug-likeness (QED) is 0.667. The molecule has 1 saturated heterocycles. The molecule has 0 bridgehead atoms. The van der Waals surface area contributed by atoms with E-state index in [-0.39, 0.29) is 5.69 Å². The van der Waals surface area contributed by atoms with Crippen molar-refractivity contribution in [3.63, 3.8) is 0 Å². The summed E-state index contributed by atoms with van der Waals surface area (Å²) in [6, 6.07) is 1.61. The van der Waals surface area contributed by atoms with E-state index in [2.05, 4.69) is 4.98 Å². The maximum absolute atomic E-state index is 12.8. The molecule has 1 aromatic rings. The minimum Gasteiger partial charge on any atom is -0.443 e. The standard InChI is InChI=1S/C21H33BN2O6/c1-18(2,3)27-16(25)24(17(26)28-19(4,5)6)15-11-14(12-23-13-15)22-29-20(7,8)21(9,10)30-22/h11-13H,1-10H3. The molecule has 2 amide bonds. The van der Waals surface area contributed by atoms with Crippen LogP contribution >= 0.6 is 0 Å². The summed E-state index contributed by atoms with van der Waals surface area (Å²) < 4.78 is 22.9. The summed E-state index contributed by atoms with van der Waals surface area (Å²) >= 11 is 0. The third-order valence-electron chi connectivity index (χ3n) is 4.68. The average molecular weight is 420 g/mol. The van der Waals surface area contributed by atoms with Crippen molar-refractivity contribution in [2.45, 2.75) is 91.6 Å². The summed E-state index contributed by atoms with van der Waals surface area (Å²) in [6.07, 6.45) is 1.26. The first-order valence-corrected chi connectivity index (χ1v) is 9.98. The van der Waals surface area contributed by atoms with Crippen LogP contribution < -0.4 is 10.4 Å². The molecule has 30 heavy (non-hydrogen) atoms. The van der Waals surface area contributed by atoms with Crippen LogP contribution in [0.25, 0.3) is 0 Å². The van der Waals surface area contributed by atoms with E-state index in [0.29, 0.717) is 5.46 Å². The molecule has 8 nitrogen and oxygen atoms in total. The van der Waals surface area contributed by atoms with Crippen molar-refractivity contribution in [1.29, 1.82) is 0 Å². The number of ether oxygens (including phenoxy) is 2. The Kier molecular flexibility index (Phi) is 6.32. The summed E-state index contributed by atoms with van der Waals surface area (Å²) in [6.45, 7) is 18.1. The van der Waals surface area contributed by atoms with Gasteiger partial charge in [-0.3, -0.25) is 4.98 Å². The first kappa shape index (κ1) is 24.1. The van der Waals surface area contributed by atoms with Gasteiger partial charge >= 0.3 is 19.3 Å². The fraction of sp³-hybridized carbons (Fsp3) is 0.667. The normalized spacial score (nSPS) is 18.1. The molecule has 0 atom stereocenters. The number of aromatic nitrogens is 1. The van der Waals surface area contributed by atoms with Gasteiger partial charge < -0.3 is 18.8 Å². The van der Waals surface area contributed by atoms with E-state index in [1.807, 2.05) is 27.7 Å². The molecule has 9 heteroatoms. The topological polar surface area (TPSA) is 87.2 Å². The smallest absolute Gasteiger partial charge is 0.443 e. The van der Waals surface area contributed by atoms with Crippen molar-refractivity contribution in [1.82, 2.24) is 4.98 Å². The van der Waals surface area contributed by atoms with Gasteiger partial charge in [0.25, 0.3) is 0 Å². The van der Waals surface area contributed by atoms with Gasteiger partial charge in [0.1, 0.15) is 11.2 Å². The van der Waals surface area contributed by atoms with Crippen LogP contribution in [0, 0.1) is 0 Å². The summed E-state index contributed by atoms with van der Waals surface area (Å²) in [7, 11) is -0.693. The van der Waals surface area contributed by atoms with Crippen LogP contribution in [-0.2, 0) is 18.8 Å². The summed E-state index contributed by atoms with van der Waals surface area (Å²) in [5.41, 5.74) is -1.90. The van der Waals surface area contributed by atoms with Crippen molar-refractivity contribution in [2.75, 3.05) is 4.90 Å². The molecule has 2 heterocycles. The fourth-order valence-corrected chi connectivity index (χ4v) is 2.58. The molecule has 166 valence electrons. The molecule has 1 aliphatic rings.